The number of rotatable bonds is 6. The van der Waals surface area contributed by atoms with E-state index in [-0.39, 0.29) is 10.8 Å². The number of hydrogen-bond acceptors (Lipinski definition) is 2. The van der Waals surface area contributed by atoms with Crippen LogP contribution in [0, 0.1) is 11.7 Å². The summed E-state index contributed by atoms with van der Waals surface area (Å²) in [7, 11) is 0. The maximum atomic E-state index is 14.0. The number of hydrogen-bond donors (Lipinski definition) is 1. The molecule has 0 spiro atoms. The predicted octanol–water partition coefficient (Wildman–Crippen LogP) is 4.14. The van der Waals surface area contributed by atoms with Gasteiger partial charge in [-0.05, 0) is 54.9 Å². The van der Waals surface area contributed by atoms with Gasteiger partial charge in [0.2, 0.25) is 0 Å². The molecular formula is C15H21ClFNS. The highest BCUT2D eigenvalue weighted by Gasteiger charge is 2.26. The van der Waals surface area contributed by atoms with Gasteiger partial charge in [0.05, 0.1) is 5.02 Å². The molecule has 2 unspecified atom stereocenters. The highest BCUT2D eigenvalue weighted by molar-refractivity contribution is 7.99. The van der Waals surface area contributed by atoms with Crippen LogP contribution >= 0.6 is 23.4 Å². The molecule has 2 atom stereocenters. The summed E-state index contributed by atoms with van der Waals surface area (Å²) >= 11 is 7.86. The molecule has 0 aromatic heterocycles. The van der Waals surface area contributed by atoms with E-state index in [2.05, 4.69) is 12.2 Å². The topological polar surface area (TPSA) is 12.0 Å². The van der Waals surface area contributed by atoms with Gasteiger partial charge in [0.1, 0.15) is 5.82 Å². The molecule has 0 bridgehead atoms. The molecule has 0 aliphatic carbocycles. The first kappa shape index (κ1) is 15.1. The zero-order chi connectivity index (χ0) is 13.7. The van der Waals surface area contributed by atoms with Crippen LogP contribution in [0.2, 0.25) is 5.02 Å². The van der Waals surface area contributed by atoms with Crippen molar-refractivity contribution < 1.29 is 4.39 Å². The fourth-order valence-corrected chi connectivity index (χ4v) is 4.08. The summed E-state index contributed by atoms with van der Waals surface area (Å²) in [5.41, 5.74) is 0.734. The SMILES string of the molecule is CCCNC(Cc1cccc(Cl)c1F)C1CCSC1. The Balaban J connectivity index is 2.07. The lowest BCUT2D eigenvalue weighted by Crippen LogP contribution is -2.38. The van der Waals surface area contributed by atoms with Crippen LogP contribution in [0.1, 0.15) is 25.3 Å². The Bertz CT molecular complexity index is 407. The molecule has 1 saturated heterocycles. The molecule has 19 heavy (non-hydrogen) atoms. The summed E-state index contributed by atoms with van der Waals surface area (Å²) in [4.78, 5) is 0. The van der Waals surface area contributed by atoms with Crippen molar-refractivity contribution in [2.45, 2.75) is 32.2 Å². The standard InChI is InChI=1S/C15H21ClFNS/c1-2-7-18-14(12-6-8-19-10-12)9-11-4-3-5-13(16)15(11)17/h3-5,12,14,18H,2,6-10H2,1H3. The minimum absolute atomic E-state index is 0.229. The summed E-state index contributed by atoms with van der Waals surface area (Å²) in [6, 6.07) is 5.66. The number of nitrogens with one attached hydrogen (secondary N) is 1. The fraction of sp³-hybridized carbons (Fsp3) is 0.600. The van der Waals surface area contributed by atoms with Crippen LogP contribution in [-0.2, 0) is 6.42 Å². The van der Waals surface area contributed by atoms with Crippen LogP contribution in [0.4, 0.5) is 4.39 Å². The number of thioether (sulfide) groups is 1. The van der Waals surface area contributed by atoms with E-state index in [1.54, 1.807) is 6.07 Å². The summed E-state index contributed by atoms with van der Waals surface area (Å²) in [5, 5.41) is 3.81. The summed E-state index contributed by atoms with van der Waals surface area (Å²) in [6.07, 6.45) is 3.07. The van der Waals surface area contributed by atoms with E-state index in [1.165, 1.54) is 17.9 Å². The van der Waals surface area contributed by atoms with Gasteiger partial charge < -0.3 is 5.32 Å². The molecule has 1 fully saturated rings. The van der Waals surface area contributed by atoms with Gasteiger partial charge in [-0.15, -0.1) is 0 Å². The van der Waals surface area contributed by atoms with Crippen LogP contribution in [0.15, 0.2) is 18.2 Å². The van der Waals surface area contributed by atoms with Crippen molar-refractivity contribution in [3.05, 3.63) is 34.6 Å². The number of benzene rings is 1. The first-order valence-electron chi connectivity index (χ1n) is 6.96. The van der Waals surface area contributed by atoms with Gasteiger partial charge in [0, 0.05) is 6.04 Å². The quantitative estimate of drug-likeness (QED) is 0.847. The van der Waals surface area contributed by atoms with E-state index >= 15 is 0 Å². The van der Waals surface area contributed by atoms with Crippen LogP contribution < -0.4 is 5.32 Å². The highest BCUT2D eigenvalue weighted by atomic mass is 35.5. The maximum Gasteiger partial charge on any atom is 0.145 e. The second-order valence-electron chi connectivity index (χ2n) is 5.10. The third kappa shape index (κ3) is 4.11. The van der Waals surface area contributed by atoms with Crippen LogP contribution in [0.25, 0.3) is 0 Å². The molecule has 1 aromatic rings. The van der Waals surface area contributed by atoms with Crippen molar-refractivity contribution in [1.82, 2.24) is 5.32 Å². The summed E-state index contributed by atoms with van der Waals surface area (Å²) in [6.45, 7) is 3.15. The van der Waals surface area contributed by atoms with Crippen LogP contribution in [0.3, 0.4) is 0 Å². The smallest absolute Gasteiger partial charge is 0.145 e. The monoisotopic (exact) mass is 301 g/mol. The van der Waals surface area contributed by atoms with Crippen LogP contribution in [0.5, 0.6) is 0 Å². The van der Waals surface area contributed by atoms with E-state index in [0.29, 0.717) is 12.0 Å². The Labute approximate surface area is 124 Å². The van der Waals surface area contributed by atoms with Crippen molar-refractivity contribution in [1.29, 1.82) is 0 Å². The molecule has 0 amide bonds. The van der Waals surface area contributed by atoms with Gasteiger partial charge in [-0.25, -0.2) is 4.39 Å². The second-order valence-corrected chi connectivity index (χ2v) is 6.66. The van der Waals surface area contributed by atoms with E-state index < -0.39 is 0 Å². The lowest BCUT2D eigenvalue weighted by atomic mass is 9.92. The van der Waals surface area contributed by atoms with Crippen molar-refractivity contribution in [2.75, 3.05) is 18.1 Å². The summed E-state index contributed by atoms with van der Waals surface area (Å²) in [5.74, 6) is 2.81. The average Bonchev–Trinajstić information content (AvgIpc) is 2.93. The Morgan fingerprint density at radius 2 is 2.37 bits per heavy atom. The molecule has 1 aliphatic rings. The zero-order valence-corrected chi connectivity index (χ0v) is 12.9. The molecule has 1 aromatic carbocycles. The number of halogens is 2. The van der Waals surface area contributed by atoms with E-state index in [9.17, 15) is 4.39 Å². The highest BCUT2D eigenvalue weighted by Crippen LogP contribution is 2.29. The average molecular weight is 302 g/mol. The van der Waals surface area contributed by atoms with Crippen molar-refractivity contribution >= 4 is 23.4 Å². The zero-order valence-electron chi connectivity index (χ0n) is 11.3. The Morgan fingerprint density at radius 3 is 3.05 bits per heavy atom. The minimum atomic E-state index is -0.252. The molecule has 0 radical (unpaired) electrons. The van der Waals surface area contributed by atoms with Gasteiger partial charge in [0.15, 0.2) is 0 Å². The first-order valence-corrected chi connectivity index (χ1v) is 8.49. The molecule has 1 N–H and O–H groups in total. The Hall–Kier alpha value is -0.250. The molecule has 1 aliphatic heterocycles. The van der Waals surface area contributed by atoms with Crippen molar-refractivity contribution in [3.8, 4) is 0 Å². The Morgan fingerprint density at radius 1 is 1.53 bits per heavy atom. The molecule has 106 valence electrons. The maximum absolute atomic E-state index is 14.0. The Kier molecular flexibility index (Phi) is 5.99. The van der Waals surface area contributed by atoms with Gasteiger partial charge in [-0.3, -0.25) is 0 Å². The molecule has 2 rings (SSSR count). The summed E-state index contributed by atoms with van der Waals surface area (Å²) < 4.78 is 14.0. The molecule has 1 nitrogen and oxygen atoms in total. The normalized spacial score (nSPS) is 20.7. The van der Waals surface area contributed by atoms with Gasteiger partial charge in [0.25, 0.3) is 0 Å². The first-order chi connectivity index (χ1) is 9.22. The molecule has 4 heteroatoms. The molecular weight excluding hydrogens is 281 g/mol. The van der Waals surface area contributed by atoms with Gasteiger partial charge in [-0.2, -0.15) is 11.8 Å². The van der Waals surface area contributed by atoms with E-state index in [1.807, 2.05) is 23.9 Å². The largest absolute Gasteiger partial charge is 0.313 e. The third-order valence-electron chi connectivity index (χ3n) is 3.66. The van der Waals surface area contributed by atoms with Gasteiger partial charge in [-0.1, -0.05) is 30.7 Å². The fourth-order valence-electron chi connectivity index (χ4n) is 2.55. The van der Waals surface area contributed by atoms with E-state index in [0.717, 1.165) is 24.9 Å². The van der Waals surface area contributed by atoms with Crippen molar-refractivity contribution in [3.63, 3.8) is 0 Å². The lowest BCUT2D eigenvalue weighted by Gasteiger charge is -2.24. The third-order valence-corrected chi connectivity index (χ3v) is 5.14. The predicted molar refractivity (Wildman–Crippen MR) is 82.6 cm³/mol. The van der Waals surface area contributed by atoms with Gasteiger partial charge >= 0.3 is 0 Å². The molecule has 1 heterocycles. The van der Waals surface area contributed by atoms with Crippen LogP contribution in [-0.4, -0.2) is 24.1 Å². The second kappa shape index (κ2) is 7.51. The van der Waals surface area contributed by atoms with E-state index in [4.69, 9.17) is 11.6 Å². The molecule has 0 saturated carbocycles. The lowest BCUT2D eigenvalue weighted by molar-refractivity contribution is 0.376. The van der Waals surface area contributed by atoms with Crippen molar-refractivity contribution in [2.24, 2.45) is 5.92 Å². The minimum Gasteiger partial charge on any atom is -0.313 e.